The average Bonchev–Trinajstić information content (AvgIpc) is 3.00. The highest BCUT2D eigenvalue weighted by Crippen LogP contribution is 2.35. The number of hydrogen-bond donors (Lipinski definition) is 0. The Morgan fingerprint density at radius 2 is 1.53 bits per heavy atom. The molecule has 0 bridgehead atoms. The molecule has 4 aromatic rings. The largest absolute Gasteiger partial charge is 0.252 e. The molecule has 0 radical (unpaired) electrons. The summed E-state index contributed by atoms with van der Waals surface area (Å²) in [5.41, 5.74) is 3.16. The molecule has 0 aliphatic carbocycles. The lowest BCUT2D eigenvalue weighted by molar-refractivity contribution is 1.43. The Hall–Kier alpha value is -2.19. The van der Waals surface area contributed by atoms with Crippen molar-refractivity contribution >= 4 is 32.9 Å². The summed E-state index contributed by atoms with van der Waals surface area (Å²) in [7, 11) is 0. The van der Waals surface area contributed by atoms with E-state index in [4.69, 9.17) is 0 Å². The van der Waals surface area contributed by atoms with Crippen molar-refractivity contribution in [2.45, 2.75) is 0 Å². The summed E-state index contributed by atoms with van der Waals surface area (Å²) >= 11 is 1.69. The Balaban J connectivity index is 2.22. The molecule has 0 spiro atoms. The highest BCUT2D eigenvalue weighted by Gasteiger charge is 2.08. The monoisotopic (exact) mass is 261 g/mol. The number of fused-ring (bicyclic) bond motifs is 3. The third-order valence-corrected chi connectivity index (χ3v) is 4.27. The first kappa shape index (κ1) is 10.7. The van der Waals surface area contributed by atoms with Gasteiger partial charge in [-0.25, -0.2) is 0 Å². The van der Waals surface area contributed by atoms with Crippen molar-refractivity contribution in [2.24, 2.45) is 0 Å². The topological polar surface area (TPSA) is 12.9 Å². The third-order valence-electron chi connectivity index (χ3n) is 3.47. The van der Waals surface area contributed by atoms with Crippen LogP contribution in [0.1, 0.15) is 0 Å². The second-order valence-electron chi connectivity index (χ2n) is 4.56. The van der Waals surface area contributed by atoms with Crippen molar-refractivity contribution in [1.82, 2.24) is 4.98 Å². The van der Waals surface area contributed by atoms with Crippen LogP contribution in [0.3, 0.4) is 0 Å². The molecule has 0 aliphatic rings. The molecule has 0 atom stereocenters. The molecule has 2 heteroatoms. The van der Waals surface area contributed by atoms with Crippen molar-refractivity contribution in [3.05, 3.63) is 66.3 Å². The van der Waals surface area contributed by atoms with Gasteiger partial charge in [-0.05, 0) is 27.6 Å². The van der Waals surface area contributed by atoms with E-state index in [1.54, 1.807) is 11.3 Å². The van der Waals surface area contributed by atoms with Crippen LogP contribution >= 0.6 is 11.3 Å². The average molecular weight is 261 g/mol. The van der Waals surface area contributed by atoms with Crippen LogP contribution in [0.2, 0.25) is 0 Å². The van der Waals surface area contributed by atoms with Gasteiger partial charge >= 0.3 is 0 Å². The second kappa shape index (κ2) is 4.18. The first-order valence-electron chi connectivity index (χ1n) is 6.23. The maximum atomic E-state index is 4.20. The number of benzene rings is 3. The minimum Gasteiger partial charge on any atom is -0.252 e. The van der Waals surface area contributed by atoms with Crippen molar-refractivity contribution < 1.29 is 0 Å². The Bertz CT molecular complexity index is 863. The predicted molar refractivity (Wildman–Crippen MR) is 82.6 cm³/mol. The van der Waals surface area contributed by atoms with E-state index in [9.17, 15) is 0 Å². The Labute approximate surface area is 115 Å². The van der Waals surface area contributed by atoms with Gasteiger partial charge in [0.15, 0.2) is 0 Å². The van der Waals surface area contributed by atoms with E-state index in [2.05, 4.69) is 59.6 Å². The Morgan fingerprint density at radius 1 is 0.789 bits per heavy atom. The van der Waals surface area contributed by atoms with Crippen LogP contribution in [0.5, 0.6) is 0 Å². The van der Waals surface area contributed by atoms with Gasteiger partial charge < -0.3 is 0 Å². The summed E-state index contributed by atoms with van der Waals surface area (Å²) in [6, 6.07) is 19.4. The van der Waals surface area contributed by atoms with Gasteiger partial charge in [-0.1, -0.05) is 48.5 Å². The van der Waals surface area contributed by atoms with Crippen LogP contribution in [-0.2, 0) is 0 Å². The molecule has 90 valence electrons. The molecule has 1 aromatic heterocycles. The second-order valence-corrected chi connectivity index (χ2v) is 5.44. The van der Waals surface area contributed by atoms with Crippen molar-refractivity contribution in [2.75, 3.05) is 0 Å². The molecule has 0 fully saturated rings. The summed E-state index contributed by atoms with van der Waals surface area (Å²) in [5, 5.41) is 5.20. The lowest BCUT2D eigenvalue weighted by Gasteiger charge is -2.08. The van der Waals surface area contributed by atoms with Crippen LogP contribution in [0, 0.1) is 0 Å². The van der Waals surface area contributed by atoms with Gasteiger partial charge in [0.1, 0.15) is 0 Å². The minimum atomic E-state index is 1.22. The highest BCUT2D eigenvalue weighted by atomic mass is 32.1. The Kier molecular flexibility index (Phi) is 2.35. The molecular weight excluding hydrogens is 250 g/mol. The maximum absolute atomic E-state index is 4.20. The summed E-state index contributed by atoms with van der Waals surface area (Å²) in [5.74, 6) is 0. The summed E-state index contributed by atoms with van der Waals surface area (Å²) in [4.78, 5) is 5.43. The molecule has 1 nitrogen and oxygen atoms in total. The maximum Gasteiger partial charge on any atom is 0.0797 e. The van der Waals surface area contributed by atoms with Gasteiger partial charge in [0.25, 0.3) is 0 Å². The van der Waals surface area contributed by atoms with Crippen molar-refractivity contribution in [3.63, 3.8) is 0 Å². The highest BCUT2D eigenvalue weighted by molar-refractivity contribution is 7.13. The van der Waals surface area contributed by atoms with E-state index in [0.29, 0.717) is 0 Å². The molecule has 0 amide bonds. The summed E-state index contributed by atoms with van der Waals surface area (Å²) < 4.78 is 0. The van der Waals surface area contributed by atoms with Crippen molar-refractivity contribution in [1.29, 1.82) is 0 Å². The van der Waals surface area contributed by atoms with Crippen LogP contribution in [0.4, 0.5) is 0 Å². The minimum absolute atomic E-state index is 1.22. The summed E-state index contributed by atoms with van der Waals surface area (Å²) in [6.45, 7) is 0. The summed E-state index contributed by atoms with van der Waals surface area (Å²) in [6.07, 6.45) is 1.95. The zero-order valence-electron chi connectivity index (χ0n) is 10.2. The van der Waals surface area contributed by atoms with E-state index in [-0.39, 0.29) is 0 Å². The first-order chi connectivity index (χ1) is 9.43. The van der Waals surface area contributed by atoms with Crippen LogP contribution < -0.4 is 0 Å². The molecule has 4 rings (SSSR count). The van der Waals surface area contributed by atoms with Gasteiger partial charge in [-0.3, -0.25) is 4.98 Å². The fraction of sp³-hybridized carbons (Fsp3) is 0. The van der Waals surface area contributed by atoms with Gasteiger partial charge in [-0.15, -0.1) is 11.3 Å². The molecule has 1 heterocycles. The number of aromatic nitrogens is 1. The van der Waals surface area contributed by atoms with Crippen LogP contribution in [0.25, 0.3) is 32.0 Å². The van der Waals surface area contributed by atoms with Gasteiger partial charge in [0, 0.05) is 11.8 Å². The van der Waals surface area contributed by atoms with E-state index >= 15 is 0 Å². The quantitative estimate of drug-likeness (QED) is 0.433. The van der Waals surface area contributed by atoms with Gasteiger partial charge in [0.2, 0.25) is 0 Å². The van der Waals surface area contributed by atoms with E-state index in [1.807, 2.05) is 11.7 Å². The molecule has 0 N–H and O–H groups in total. The standard InChI is InChI=1S/C17H11NS/c1-2-6-13-12(5-1)9-16(17-10-18-11-19-17)15-8-4-3-7-14(13)15/h1-11H. The zero-order chi connectivity index (χ0) is 12.7. The molecular formula is C17H11NS. The lowest BCUT2D eigenvalue weighted by atomic mass is 9.97. The van der Waals surface area contributed by atoms with Gasteiger partial charge in [0.05, 0.1) is 10.4 Å². The van der Waals surface area contributed by atoms with Crippen LogP contribution in [0.15, 0.2) is 66.3 Å². The smallest absolute Gasteiger partial charge is 0.0797 e. The van der Waals surface area contributed by atoms with Crippen molar-refractivity contribution in [3.8, 4) is 10.4 Å². The fourth-order valence-electron chi connectivity index (χ4n) is 2.61. The molecule has 0 aliphatic heterocycles. The number of nitrogens with zero attached hydrogens (tertiary/aromatic N) is 1. The number of rotatable bonds is 1. The number of hydrogen-bond acceptors (Lipinski definition) is 2. The number of thiazole rings is 1. The molecule has 0 saturated carbocycles. The van der Waals surface area contributed by atoms with Crippen LogP contribution in [-0.4, -0.2) is 4.98 Å². The van der Waals surface area contributed by atoms with E-state index in [1.165, 1.54) is 32.0 Å². The Morgan fingerprint density at radius 3 is 2.32 bits per heavy atom. The molecule has 0 saturated heterocycles. The molecule has 0 unspecified atom stereocenters. The van der Waals surface area contributed by atoms with Gasteiger partial charge in [-0.2, -0.15) is 0 Å². The SMILES string of the molecule is c1ccc2c(c1)cc(-c1cncs1)c1ccccc12. The predicted octanol–water partition coefficient (Wildman–Crippen LogP) is 5.12. The zero-order valence-corrected chi connectivity index (χ0v) is 11.0. The molecule has 3 aromatic carbocycles. The first-order valence-corrected chi connectivity index (χ1v) is 7.11. The molecule has 19 heavy (non-hydrogen) atoms. The van der Waals surface area contributed by atoms with E-state index < -0.39 is 0 Å². The third kappa shape index (κ3) is 1.65. The lowest BCUT2D eigenvalue weighted by Crippen LogP contribution is -1.82. The normalized spacial score (nSPS) is 11.2. The fourth-order valence-corrected chi connectivity index (χ4v) is 3.26. The van der Waals surface area contributed by atoms with E-state index in [0.717, 1.165) is 0 Å².